The van der Waals surface area contributed by atoms with Crippen LogP contribution in [0.4, 0.5) is 18.9 Å². The Kier molecular flexibility index (Phi) is 5.65. The molecule has 176 valence electrons. The molecule has 3 heterocycles. The first-order valence-electron chi connectivity index (χ1n) is 10.1. The summed E-state index contributed by atoms with van der Waals surface area (Å²) in [7, 11) is 0. The number of aromatic amines is 1. The van der Waals surface area contributed by atoms with Gasteiger partial charge in [-0.2, -0.15) is 0 Å². The second-order valence-electron chi connectivity index (χ2n) is 7.38. The number of pyridine rings is 1. The van der Waals surface area contributed by atoms with Gasteiger partial charge in [-0.3, -0.25) is 4.79 Å². The summed E-state index contributed by atoms with van der Waals surface area (Å²) in [5.74, 6) is -0.128. The van der Waals surface area contributed by atoms with Gasteiger partial charge in [0.2, 0.25) is 0 Å². The number of ether oxygens (including phenoxy) is 1. The number of alkyl halides is 3. The molecule has 0 unspecified atom stereocenters. The number of fused-ring (bicyclic) bond motifs is 1. The molecule has 7 nitrogen and oxygen atoms in total. The Balaban J connectivity index is 1.42. The number of imidazole rings is 1. The van der Waals surface area contributed by atoms with Gasteiger partial charge in [0.05, 0.1) is 16.8 Å². The Labute approximate surface area is 200 Å². The number of hydrogen-bond donors (Lipinski definition) is 2. The molecule has 0 saturated heterocycles. The summed E-state index contributed by atoms with van der Waals surface area (Å²) in [5, 5.41) is 3.14. The summed E-state index contributed by atoms with van der Waals surface area (Å²) >= 11 is 6.38. The zero-order chi connectivity index (χ0) is 24.6. The number of nitrogens with one attached hydrogen (secondary N) is 2. The Morgan fingerprint density at radius 2 is 1.86 bits per heavy atom. The molecule has 0 bridgehead atoms. The van der Waals surface area contributed by atoms with Gasteiger partial charge in [-0.25, -0.2) is 9.97 Å². The molecule has 0 aliphatic heterocycles. The summed E-state index contributed by atoms with van der Waals surface area (Å²) < 4.78 is 46.2. The number of hydrogen-bond acceptors (Lipinski definition) is 5. The molecule has 35 heavy (non-hydrogen) atoms. The van der Waals surface area contributed by atoms with Crippen LogP contribution in [0, 0.1) is 0 Å². The van der Waals surface area contributed by atoms with Crippen molar-refractivity contribution < 1.29 is 27.1 Å². The molecule has 5 rings (SSSR count). The number of furan rings is 1. The fraction of sp³-hybridized carbons (Fsp3) is 0.0417. The molecule has 3 aromatic heterocycles. The number of carbonyl (C=O) groups excluding carboxylic acids is 1. The first-order chi connectivity index (χ1) is 16.7. The van der Waals surface area contributed by atoms with Crippen LogP contribution in [0.2, 0.25) is 5.02 Å². The Morgan fingerprint density at radius 1 is 1.06 bits per heavy atom. The zero-order valence-electron chi connectivity index (χ0n) is 17.6. The maximum absolute atomic E-state index is 12.4. The molecule has 0 spiro atoms. The van der Waals surface area contributed by atoms with Crippen LogP contribution < -0.4 is 10.1 Å². The van der Waals surface area contributed by atoms with E-state index in [1.54, 1.807) is 42.6 Å². The van der Waals surface area contributed by atoms with Crippen molar-refractivity contribution in [3.63, 3.8) is 0 Å². The zero-order valence-corrected chi connectivity index (χ0v) is 18.3. The van der Waals surface area contributed by atoms with Crippen LogP contribution in [0.5, 0.6) is 5.75 Å². The first kappa shape index (κ1) is 22.5. The number of rotatable bonds is 5. The van der Waals surface area contributed by atoms with Crippen LogP contribution in [-0.4, -0.2) is 27.2 Å². The highest BCUT2D eigenvalue weighted by molar-refractivity contribution is 6.33. The second-order valence-corrected chi connectivity index (χ2v) is 7.79. The van der Waals surface area contributed by atoms with Crippen molar-refractivity contribution >= 4 is 34.4 Å². The van der Waals surface area contributed by atoms with Crippen LogP contribution in [0.15, 0.2) is 77.5 Å². The van der Waals surface area contributed by atoms with Crippen LogP contribution in [0.25, 0.3) is 33.7 Å². The van der Waals surface area contributed by atoms with Crippen molar-refractivity contribution in [2.45, 2.75) is 6.36 Å². The van der Waals surface area contributed by atoms with Crippen LogP contribution in [0.3, 0.4) is 0 Å². The molecule has 5 aromatic rings. The normalized spacial score (nSPS) is 11.5. The molecule has 0 aliphatic rings. The molecule has 0 atom stereocenters. The average molecular weight is 499 g/mol. The quantitative estimate of drug-likeness (QED) is 0.281. The van der Waals surface area contributed by atoms with E-state index in [4.69, 9.17) is 16.0 Å². The summed E-state index contributed by atoms with van der Waals surface area (Å²) in [4.78, 5) is 24.2. The molecule has 11 heteroatoms. The minimum Gasteiger partial charge on any atom is -0.459 e. The molecule has 0 fully saturated rings. The minimum absolute atomic E-state index is 0.167. The second kappa shape index (κ2) is 8.80. The lowest BCUT2D eigenvalue weighted by atomic mass is 10.1. The van der Waals surface area contributed by atoms with E-state index in [0.717, 1.165) is 0 Å². The van der Waals surface area contributed by atoms with Gasteiger partial charge in [0, 0.05) is 23.0 Å². The van der Waals surface area contributed by atoms with Gasteiger partial charge >= 0.3 is 6.36 Å². The molecule has 2 N–H and O–H groups in total. The highest BCUT2D eigenvalue weighted by atomic mass is 35.5. The van der Waals surface area contributed by atoms with Crippen molar-refractivity contribution in [1.82, 2.24) is 15.0 Å². The number of nitrogens with zero attached hydrogens (tertiary/aromatic N) is 2. The maximum Gasteiger partial charge on any atom is 0.573 e. The van der Waals surface area contributed by atoms with Crippen molar-refractivity contribution in [3.8, 4) is 28.3 Å². The van der Waals surface area contributed by atoms with Crippen molar-refractivity contribution in [2.24, 2.45) is 0 Å². The fourth-order valence-electron chi connectivity index (χ4n) is 3.42. The molecule has 0 aliphatic carbocycles. The highest BCUT2D eigenvalue weighted by Crippen LogP contribution is 2.32. The third-order valence-corrected chi connectivity index (χ3v) is 5.31. The van der Waals surface area contributed by atoms with Crippen molar-refractivity contribution in [2.75, 3.05) is 5.32 Å². The minimum atomic E-state index is -4.76. The van der Waals surface area contributed by atoms with Gasteiger partial charge < -0.3 is 19.5 Å². The van der Waals surface area contributed by atoms with E-state index in [1.807, 2.05) is 0 Å². The third kappa shape index (κ3) is 4.97. The van der Waals surface area contributed by atoms with Crippen molar-refractivity contribution in [3.05, 3.63) is 83.9 Å². The molecule has 1 amide bonds. The van der Waals surface area contributed by atoms with Gasteiger partial charge in [0.15, 0.2) is 11.4 Å². The summed E-state index contributed by atoms with van der Waals surface area (Å²) in [6, 6.07) is 15.3. The number of H-pyrrole nitrogens is 1. The Morgan fingerprint density at radius 3 is 2.57 bits per heavy atom. The predicted molar refractivity (Wildman–Crippen MR) is 123 cm³/mol. The van der Waals surface area contributed by atoms with Gasteiger partial charge in [-0.05, 0) is 54.1 Å². The predicted octanol–water partition coefficient (Wildman–Crippen LogP) is 6.69. The standard InChI is InChI=1S/C24H14ClF3N4O3/c25-18-8-5-15(30-23(33)20-2-1-9-34-20)11-17(18)21-31-19-10-14(12-29-22(19)32-21)13-3-6-16(7-4-13)35-24(26,27)28/h1-12H,(H,30,33)(H,29,31,32). The lowest BCUT2D eigenvalue weighted by Crippen LogP contribution is -2.16. The van der Waals surface area contributed by atoms with Gasteiger partial charge in [0.25, 0.3) is 5.91 Å². The number of aromatic nitrogens is 3. The van der Waals surface area contributed by atoms with Crippen molar-refractivity contribution in [1.29, 1.82) is 0 Å². The summed E-state index contributed by atoms with van der Waals surface area (Å²) in [6.45, 7) is 0. The number of benzene rings is 2. The van der Waals surface area contributed by atoms with Gasteiger partial charge in [0.1, 0.15) is 11.6 Å². The number of amides is 1. The van der Waals surface area contributed by atoms with Crippen LogP contribution >= 0.6 is 11.6 Å². The summed E-state index contributed by atoms with van der Waals surface area (Å²) in [5.41, 5.74) is 3.34. The van der Waals surface area contributed by atoms with Crippen LogP contribution in [-0.2, 0) is 0 Å². The largest absolute Gasteiger partial charge is 0.573 e. The molecule has 0 radical (unpaired) electrons. The van der Waals surface area contributed by atoms with E-state index in [1.165, 1.54) is 30.5 Å². The molecular weight excluding hydrogens is 485 g/mol. The Hall–Kier alpha value is -4.31. The fourth-order valence-corrected chi connectivity index (χ4v) is 3.63. The molecule has 2 aromatic carbocycles. The van der Waals surface area contributed by atoms with E-state index in [9.17, 15) is 18.0 Å². The third-order valence-electron chi connectivity index (χ3n) is 4.98. The lowest BCUT2D eigenvalue weighted by molar-refractivity contribution is -0.274. The first-order valence-corrected chi connectivity index (χ1v) is 10.5. The lowest BCUT2D eigenvalue weighted by Gasteiger charge is -2.09. The van der Waals surface area contributed by atoms with E-state index in [0.29, 0.717) is 44.4 Å². The van der Waals surface area contributed by atoms with Crippen LogP contribution in [0.1, 0.15) is 10.6 Å². The SMILES string of the molecule is O=C(Nc1ccc(Cl)c(-c2nc3ncc(-c4ccc(OC(F)(F)F)cc4)cc3[nH]2)c1)c1ccco1. The number of halogens is 4. The number of carbonyl (C=O) groups is 1. The maximum atomic E-state index is 12.4. The van der Waals surface area contributed by atoms with E-state index < -0.39 is 12.3 Å². The highest BCUT2D eigenvalue weighted by Gasteiger charge is 2.31. The Bertz CT molecular complexity index is 1510. The van der Waals surface area contributed by atoms with E-state index in [-0.39, 0.29) is 11.5 Å². The molecular formula is C24H14ClF3N4O3. The smallest absolute Gasteiger partial charge is 0.459 e. The monoisotopic (exact) mass is 498 g/mol. The van der Waals surface area contributed by atoms with E-state index in [2.05, 4.69) is 25.0 Å². The summed E-state index contributed by atoms with van der Waals surface area (Å²) in [6.07, 6.45) is -1.79. The topological polar surface area (TPSA) is 93.0 Å². The van der Waals surface area contributed by atoms with Gasteiger partial charge in [-0.15, -0.1) is 13.2 Å². The van der Waals surface area contributed by atoms with Gasteiger partial charge in [-0.1, -0.05) is 23.7 Å². The number of anilines is 1. The average Bonchev–Trinajstić information content (AvgIpc) is 3.49. The van der Waals surface area contributed by atoms with E-state index >= 15 is 0 Å². The molecule has 0 saturated carbocycles.